The molecular formula is C25H24N4O3. The number of hydrogen-bond donors (Lipinski definition) is 2. The molecule has 0 aliphatic carbocycles. The minimum atomic E-state index is -0.346. The Morgan fingerprint density at radius 3 is 2.72 bits per heavy atom. The molecule has 0 bridgehead atoms. The van der Waals surface area contributed by atoms with Crippen molar-refractivity contribution in [3.63, 3.8) is 0 Å². The summed E-state index contributed by atoms with van der Waals surface area (Å²) in [7, 11) is 1.55. The number of nitrogens with zero attached hydrogens (tertiary/aromatic N) is 2. The number of para-hydroxylation sites is 2. The molecule has 32 heavy (non-hydrogen) atoms. The van der Waals surface area contributed by atoms with Crippen molar-refractivity contribution in [2.75, 3.05) is 12.4 Å². The van der Waals surface area contributed by atoms with Gasteiger partial charge in [0, 0.05) is 30.0 Å². The first-order valence-corrected chi connectivity index (χ1v) is 10.2. The third-order valence-electron chi connectivity index (χ3n) is 5.17. The van der Waals surface area contributed by atoms with E-state index < -0.39 is 0 Å². The molecule has 2 amide bonds. The number of aromatic amines is 1. The first-order valence-electron chi connectivity index (χ1n) is 10.2. The van der Waals surface area contributed by atoms with Crippen LogP contribution in [0.25, 0.3) is 10.9 Å². The number of rotatable bonds is 6. The SMILES string of the molecule is COc1ccccc1NC(=O)N(Cc1cccnc1)Cc1cc2ccc(C)cc2[nH]c1=O. The monoisotopic (exact) mass is 428 g/mol. The van der Waals surface area contributed by atoms with Gasteiger partial charge in [-0.2, -0.15) is 0 Å². The van der Waals surface area contributed by atoms with Crippen LogP contribution >= 0.6 is 0 Å². The molecule has 162 valence electrons. The Balaban J connectivity index is 1.65. The maximum absolute atomic E-state index is 13.2. The van der Waals surface area contributed by atoms with Crippen LogP contribution in [0.2, 0.25) is 0 Å². The molecule has 0 spiro atoms. The van der Waals surface area contributed by atoms with E-state index in [9.17, 15) is 9.59 Å². The average molecular weight is 428 g/mol. The van der Waals surface area contributed by atoms with Crippen LogP contribution in [0.15, 0.2) is 77.9 Å². The van der Waals surface area contributed by atoms with E-state index in [2.05, 4.69) is 15.3 Å². The molecule has 4 rings (SSSR count). The summed E-state index contributed by atoms with van der Waals surface area (Å²) < 4.78 is 5.34. The molecule has 7 heteroatoms. The quantitative estimate of drug-likeness (QED) is 0.474. The Morgan fingerprint density at radius 1 is 1.09 bits per heavy atom. The predicted octanol–water partition coefficient (Wildman–Crippen LogP) is 4.47. The number of aryl methyl sites for hydroxylation is 1. The second-order valence-corrected chi connectivity index (χ2v) is 7.56. The van der Waals surface area contributed by atoms with Gasteiger partial charge < -0.3 is 19.9 Å². The van der Waals surface area contributed by atoms with Gasteiger partial charge in [-0.05, 0) is 53.8 Å². The number of pyridine rings is 2. The van der Waals surface area contributed by atoms with Gasteiger partial charge in [0.25, 0.3) is 5.56 Å². The van der Waals surface area contributed by atoms with E-state index in [4.69, 9.17) is 4.74 Å². The first-order chi connectivity index (χ1) is 15.5. The van der Waals surface area contributed by atoms with Crippen LogP contribution in [0.1, 0.15) is 16.7 Å². The highest BCUT2D eigenvalue weighted by Crippen LogP contribution is 2.24. The smallest absolute Gasteiger partial charge is 0.322 e. The lowest BCUT2D eigenvalue weighted by Crippen LogP contribution is -2.35. The third-order valence-corrected chi connectivity index (χ3v) is 5.17. The normalized spacial score (nSPS) is 10.7. The highest BCUT2D eigenvalue weighted by molar-refractivity contribution is 5.91. The Bertz CT molecular complexity index is 1300. The number of H-pyrrole nitrogens is 1. The molecule has 2 aromatic heterocycles. The molecule has 0 fully saturated rings. The van der Waals surface area contributed by atoms with Crippen LogP contribution in [0.3, 0.4) is 0 Å². The number of methoxy groups -OCH3 is 1. The van der Waals surface area contributed by atoms with Gasteiger partial charge in [0.1, 0.15) is 5.75 Å². The number of aromatic nitrogens is 2. The van der Waals surface area contributed by atoms with Gasteiger partial charge >= 0.3 is 6.03 Å². The van der Waals surface area contributed by atoms with Crippen LogP contribution in [-0.2, 0) is 13.1 Å². The molecule has 0 aliphatic heterocycles. The second kappa shape index (κ2) is 9.34. The van der Waals surface area contributed by atoms with E-state index >= 15 is 0 Å². The molecule has 0 atom stereocenters. The van der Waals surface area contributed by atoms with Gasteiger partial charge in [-0.15, -0.1) is 0 Å². The molecule has 0 saturated heterocycles. The fraction of sp³-hybridized carbons (Fsp3) is 0.160. The van der Waals surface area contributed by atoms with Crippen molar-refractivity contribution in [3.05, 3.63) is 100 Å². The molecule has 7 nitrogen and oxygen atoms in total. The van der Waals surface area contributed by atoms with Gasteiger partial charge in [-0.25, -0.2) is 4.79 Å². The van der Waals surface area contributed by atoms with E-state index in [-0.39, 0.29) is 18.1 Å². The minimum Gasteiger partial charge on any atom is -0.495 e. The van der Waals surface area contributed by atoms with Crippen molar-refractivity contribution in [2.45, 2.75) is 20.0 Å². The topological polar surface area (TPSA) is 87.3 Å². The summed E-state index contributed by atoms with van der Waals surface area (Å²) in [6.45, 7) is 2.40. The number of nitrogens with one attached hydrogen (secondary N) is 2. The minimum absolute atomic E-state index is 0.134. The number of fused-ring (bicyclic) bond motifs is 1. The maximum Gasteiger partial charge on any atom is 0.322 e. The zero-order valence-corrected chi connectivity index (χ0v) is 18.0. The first kappa shape index (κ1) is 21.1. The van der Waals surface area contributed by atoms with Crippen molar-refractivity contribution in [1.82, 2.24) is 14.9 Å². The van der Waals surface area contributed by atoms with Crippen molar-refractivity contribution in [2.24, 2.45) is 0 Å². The Hall–Kier alpha value is -4.13. The highest BCUT2D eigenvalue weighted by atomic mass is 16.5. The number of anilines is 1. The van der Waals surface area contributed by atoms with E-state index in [0.717, 1.165) is 22.0 Å². The summed E-state index contributed by atoms with van der Waals surface area (Å²) in [5, 5.41) is 3.81. The molecule has 0 saturated carbocycles. The molecule has 4 aromatic rings. The fourth-order valence-corrected chi connectivity index (χ4v) is 3.54. The molecule has 0 unspecified atom stereocenters. The Kier molecular flexibility index (Phi) is 6.17. The molecule has 2 aromatic carbocycles. The van der Waals surface area contributed by atoms with Crippen LogP contribution in [-0.4, -0.2) is 28.0 Å². The van der Waals surface area contributed by atoms with Crippen LogP contribution in [0.4, 0.5) is 10.5 Å². The third kappa shape index (κ3) is 4.78. The van der Waals surface area contributed by atoms with Crippen molar-refractivity contribution >= 4 is 22.6 Å². The summed E-state index contributed by atoms with van der Waals surface area (Å²) in [6.07, 6.45) is 3.38. The fourth-order valence-electron chi connectivity index (χ4n) is 3.54. The van der Waals surface area contributed by atoms with E-state index in [1.54, 1.807) is 36.5 Å². The van der Waals surface area contributed by atoms with Crippen LogP contribution in [0, 0.1) is 6.92 Å². The van der Waals surface area contributed by atoms with Crippen LogP contribution in [0.5, 0.6) is 5.75 Å². The van der Waals surface area contributed by atoms with Gasteiger partial charge in [0.05, 0.1) is 19.3 Å². The molecule has 0 aliphatic rings. The summed E-state index contributed by atoms with van der Waals surface area (Å²) in [5.74, 6) is 0.557. The number of benzene rings is 2. The zero-order chi connectivity index (χ0) is 22.5. The average Bonchev–Trinajstić information content (AvgIpc) is 2.80. The van der Waals surface area contributed by atoms with E-state index in [1.165, 1.54) is 0 Å². The number of ether oxygens (including phenoxy) is 1. The lowest BCUT2D eigenvalue weighted by Gasteiger charge is -2.23. The molecule has 0 radical (unpaired) electrons. The summed E-state index contributed by atoms with van der Waals surface area (Å²) in [5.41, 5.74) is 3.53. The van der Waals surface area contributed by atoms with Crippen molar-refractivity contribution in [1.29, 1.82) is 0 Å². The molecule has 2 N–H and O–H groups in total. The molecule has 2 heterocycles. The largest absolute Gasteiger partial charge is 0.495 e. The van der Waals surface area contributed by atoms with Crippen molar-refractivity contribution < 1.29 is 9.53 Å². The van der Waals surface area contributed by atoms with Gasteiger partial charge in [-0.3, -0.25) is 9.78 Å². The number of hydrogen-bond acceptors (Lipinski definition) is 4. The second-order valence-electron chi connectivity index (χ2n) is 7.56. The predicted molar refractivity (Wildman–Crippen MR) is 125 cm³/mol. The maximum atomic E-state index is 13.2. The van der Waals surface area contributed by atoms with E-state index in [1.807, 2.05) is 55.5 Å². The summed E-state index contributed by atoms with van der Waals surface area (Å²) in [6, 6.07) is 18.3. The van der Waals surface area contributed by atoms with Gasteiger partial charge in [0.2, 0.25) is 0 Å². The standard InChI is InChI=1S/C25H24N4O3/c1-17-9-10-19-13-20(24(30)27-22(19)12-17)16-29(15-18-6-5-11-26-14-18)25(31)28-21-7-3-4-8-23(21)32-2/h3-14H,15-16H2,1-2H3,(H,27,30)(H,28,31). The summed E-state index contributed by atoms with van der Waals surface area (Å²) >= 11 is 0. The lowest BCUT2D eigenvalue weighted by molar-refractivity contribution is 0.206. The van der Waals surface area contributed by atoms with Gasteiger partial charge in [-0.1, -0.05) is 30.3 Å². The van der Waals surface area contributed by atoms with E-state index in [0.29, 0.717) is 23.5 Å². The number of carbonyl (C=O) groups excluding carboxylic acids is 1. The zero-order valence-electron chi connectivity index (χ0n) is 18.0. The lowest BCUT2D eigenvalue weighted by atomic mass is 10.1. The number of carbonyl (C=O) groups is 1. The number of amides is 2. The number of urea groups is 1. The Morgan fingerprint density at radius 2 is 1.94 bits per heavy atom. The molecular weight excluding hydrogens is 404 g/mol. The Labute approximate surface area is 185 Å². The van der Waals surface area contributed by atoms with Gasteiger partial charge in [0.15, 0.2) is 0 Å². The van der Waals surface area contributed by atoms with Crippen LogP contribution < -0.4 is 15.6 Å². The summed E-state index contributed by atoms with van der Waals surface area (Å²) in [4.78, 5) is 34.6. The van der Waals surface area contributed by atoms with Crippen molar-refractivity contribution in [3.8, 4) is 5.75 Å². The highest BCUT2D eigenvalue weighted by Gasteiger charge is 2.18.